The SMILES string of the molecule is C[C@@H]1CCCC[C@@H]1NC(=O)c1ccc2c(c1)N(Cc1ccccc1)C(=O)CS2. The fourth-order valence-electron chi connectivity index (χ4n) is 4.07. The average Bonchev–Trinajstić information content (AvgIpc) is 2.72. The Bertz CT molecular complexity index is 868. The van der Waals surface area contributed by atoms with Crippen LogP contribution in [0.25, 0.3) is 0 Å². The first-order valence-corrected chi connectivity index (χ1v) is 11.0. The summed E-state index contributed by atoms with van der Waals surface area (Å²) in [4.78, 5) is 28.3. The number of anilines is 1. The summed E-state index contributed by atoms with van der Waals surface area (Å²) in [5.41, 5.74) is 2.55. The van der Waals surface area contributed by atoms with E-state index in [1.54, 1.807) is 16.7 Å². The van der Waals surface area contributed by atoms with Crippen molar-refractivity contribution < 1.29 is 9.59 Å². The topological polar surface area (TPSA) is 49.4 Å². The third-order valence-electron chi connectivity index (χ3n) is 5.78. The maximum absolute atomic E-state index is 12.9. The number of rotatable bonds is 4. The lowest BCUT2D eigenvalue weighted by Crippen LogP contribution is -2.41. The van der Waals surface area contributed by atoms with E-state index < -0.39 is 0 Å². The summed E-state index contributed by atoms with van der Waals surface area (Å²) in [6.07, 6.45) is 4.65. The quantitative estimate of drug-likeness (QED) is 0.822. The van der Waals surface area contributed by atoms with E-state index in [2.05, 4.69) is 12.2 Å². The number of nitrogens with one attached hydrogen (secondary N) is 1. The number of carbonyl (C=O) groups excluding carboxylic acids is 2. The van der Waals surface area contributed by atoms with Crippen LogP contribution in [0.3, 0.4) is 0 Å². The molecule has 2 aromatic carbocycles. The van der Waals surface area contributed by atoms with Gasteiger partial charge in [0.2, 0.25) is 5.91 Å². The van der Waals surface area contributed by atoms with Gasteiger partial charge < -0.3 is 10.2 Å². The largest absolute Gasteiger partial charge is 0.349 e. The van der Waals surface area contributed by atoms with E-state index in [4.69, 9.17) is 0 Å². The minimum absolute atomic E-state index is 0.0377. The molecule has 1 saturated carbocycles. The van der Waals surface area contributed by atoms with E-state index in [0.717, 1.165) is 22.6 Å². The number of fused-ring (bicyclic) bond motifs is 1. The Labute approximate surface area is 170 Å². The molecule has 4 rings (SSSR count). The van der Waals surface area contributed by atoms with Gasteiger partial charge in [0.15, 0.2) is 0 Å². The van der Waals surface area contributed by atoms with E-state index in [-0.39, 0.29) is 17.9 Å². The zero-order valence-corrected chi connectivity index (χ0v) is 17.0. The number of carbonyl (C=O) groups is 2. The van der Waals surface area contributed by atoms with Gasteiger partial charge in [0, 0.05) is 16.5 Å². The molecule has 2 atom stereocenters. The molecule has 0 spiro atoms. The van der Waals surface area contributed by atoms with Gasteiger partial charge >= 0.3 is 0 Å². The first-order valence-electron chi connectivity index (χ1n) is 10.0. The summed E-state index contributed by atoms with van der Waals surface area (Å²) in [6, 6.07) is 16.0. The number of hydrogen-bond acceptors (Lipinski definition) is 3. The summed E-state index contributed by atoms with van der Waals surface area (Å²) in [5.74, 6) is 0.997. The number of benzene rings is 2. The molecule has 2 aliphatic rings. The van der Waals surface area contributed by atoms with E-state index in [1.807, 2.05) is 48.5 Å². The van der Waals surface area contributed by atoms with Gasteiger partial charge in [-0.3, -0.25) is 9.59 Å². The van der Waals surface area contributed by atoms with Crippen molar-refractivity contribution in [3.63, 3.8) is 0 Å². The molecule has 2 amide bonds. The molecule has 146 valence electrons. The molecule has 1 heterocycles. The molecule has 0 saturated heterocycles. The van der Waals surface area contributed by atoms with Crippen LogP contribution >= 0.6 is 11.8 Å². The smallest absolute Gasteiger partial charge is 0.251 e. The van der Waals surface area contributed by atoms with Gasteiger partial charge in [0.25, 0.3) is 5.91 Å². The molecule has 1 aliphatic heterocycles. The fraction of sp³-hybridized carbons (Fsp3) is 0.391. The first kappa shape index (κ1) is 19.1. The second-order valence-corrected chi connectivity index (χ2v) is 8.80. The van der Waals surface area contributed by atoms with Crippen LogP contribution in [0.2, 0.25) is 0 Å². The van der Waals surface area contributed by atoms with Crippen molar-refractivity contribution in [1.82, 2.24) is 5.32 Å². The molecule has 0 bridgehead atoms. The third-order valence-corrected chi connectivity index (χ3v) is 6.82. The van der Waals surface area contributed by atoms with Gasteiger partial charge in [0.1, 0.15) is 0 Å². The second-order valence-electron chi connectivity index (χ2n) is 7.78. The Morgan fingerprint density at radius 1 is 1.14 bits per heavy atom. The van der Waals surface area contributed by atoms with Crippen molar-refractivity contribution in [3.05, 3.63) is 59.7 Å². The Hall–Kier alpha value is -2.27. The molecule has 0 unspecified atom stereocenters. The summed E-state index contributed by atoms with van der Waals surface area (Å²) in [7, 11) is 0. The van der Waals surface area contributed by atoms with Crippen LogP contribution < -0.4 is 10.2 Å². The molecule has 1 aliphatic carbocycles. The summed E-state index contributed by atoms with van der Waals surface area (Å²) in [5, 5.41) is 3.22. The van der Waals surface area contributed by atoms with E-state index in [0.29, 0.717) is 23.8 Å². The maximum atomic E-state index is 12.9. The van der Waals surface area contributed by atoms with Crippen LogP contribution in [-0.2, 0) is 11.3 Å². The minimum atomic E-state index is -0.0377. The Morgan fingerprint density at radius 3 is 2.71 bits per heavy atom. The molecule has 4 nitrogen and oxygen atoms in total. The highest BCUT2D eigenvalue weighted by molar-refractivity contribution is 8.00. The van der Waals surface area contributed by atoms with Crippen molar-refractivity contribution in [2.24, 2.45) is 5.92 Å². The standard InChI is InChI=1S/C23H26N2O2S/c1-16-7-5-6-10-19(16)24-23(27)18-11-12-21-20(13-18)25(22(26)15-28-21)14-17-8-3-2-4-9-17/h2-4,8-9,11-13,16,19H,5-7,10,14-15H2,1H3,(H,24,27)/t16-,19+/m1/s1. The molecule has 5 heteroatoms. The van der Waals surface area contributed by atoms with Crippen molar-refractivity contribution in [2.75, 3.05) is 10.7 Å². The van der Waals surface area contributed by atoms with Crippen LogP contribution in [0.15, 0.2) is 53.4 Å². The summed E-state index contributed by atoms with van der Waals surface area (Å²) >= 11 is 1.54. The van der Waals surface area contributed by atoms with Gasteiger partial charge in [0.05, 0.1) is 18.0 Å². The fourth-order valence-corrected chi connectivity index (χ4v) is 4.98. The minimum Gasteiger partial charge on any atom is -0.349 e. The lowest BCUT2D eigenvalue weighted by molar-refractivity contribution is -0.116. The molecule has 0 aromatic heterocycles. The lowest BCUT2D eigenvalue weighted by atomic mass is 9.86. The Balaban J connectivity index is 1.57. The number of hydrogen-bond donors (Lipinski definition) is 1. The number of amides is 2. The monoisotopic (exact) mass is 394 g/mol. The van der Waals surface area contributed by atoms with Gasteiger partial charge in [-0.2, -0.15) is 0 Å². The van der Waals surface area contributed by atoms with E-state index >= 15 is 0 Å². The highest BCUT2D eigenvalue weighted by Crippen LogP contribution is 2.37. The van der Waals surface area contributed by atoms with Crippen LogP contribution in [0.5, 0.6) is 0 Å². The molecule has 1 fully saturated rings. The van der Waals surface area contributed by atoms with Crippen molar-refractivity contribution in [2.45, 2.75) is 50.1 Å². The average molecular weight is 395 g/mol. The first-order chi connectivity index (χ1) is 13.6. The highest BCUT2D eigenvalue weighted by Gasteiger charge is 2.27. The number of nitrogens with zero attached hydrogens (tertiary/aromatic N) is 1. The zero-order valence-electron chi connectivity index (χ0n) is 16.2. The summed E-state index contributed by atoms with van der Waals surface area (Å²) in [6.45, 7) is 2.74. The maximum Gasteiger partial charge on any atom is 0.251 e. The lowest BCUT2D eigenvalue weighted by Gasteiger charge is -2.31. The molecular formula is C23H26N2O2S. The second kappa shape index (κ2) is 8.39. The number of thioether (sulfide) groups is 1. The predicted octanol–water partition coefficient (Wildman–Crippen LogP) is 4.63. The summed E-state index contributed by atoms with van der Waals surface area (Å²) < 4.78 is 0. The van der Waals surface area contributed by atoms with Gasteiger partial charge in [-0.1, -0.05) is 50.1 Å². The van der Waals surface area contributed by atoms with E-state index in [9.17, 15) is 9.59 Å². The Kier molecular flexibility index (Phi) is 5.72. The predicted molar refractivity (Wildman–Crippen MR) is 114 cm³/mol. The normalized spacial score (nSPS) is 21.9. The molecule has 0 radical (unpaired) electrons. The molecule has 1 N–H and O–H groups in total. The molecule has 2 aromatic rings. The Morgan fingerprint density at radius 2 is 1.93 bits per heavy atom. The van der Waals surface area contributed by atoms with E-state index in [1.165, 1.54) is 19.3 Å². The zero-order chi connectivity index (χ0) is 19.5. The van der Waals surface area contributed by atoms with Crippen molar-refractivity contribution >= 4 is 29.3 Å². The van der Waals surface area contributed by atoms with Crippen LogP contribution in [0, 0.1) is 5.92 Å². The molecular weight excluding hydrogens is 368 g/mol. The molecule has 28 heavy (non-hydrogen) atoms. The van der Waals surface area contributed by atoms with Crippen LogP contribution in [-0.4, -0.2) is 23.6 Å². The van der Waals surface area contributed by atoms with Gasteiger partial charge in [-0.05, 0) is 42.5 Å². The van der Waals surface area contributed by atoms with Crippen molar-refractivity contribution in [3.8, 4) is 0 Å². The third kappa shape index (κ3) is 4.09. The highest BCUT2D eigenvalue weighted by atomic mass is 32.2. The van der Waals surface area contributed by atoms with Crippen LogP contribution in [0.1, 0.15) is 48.5 Å². The van der Waals surface area contributed by atoms with Crippen molar-refractivity contribution in [1.29, 1.82) is 0 Å². The van der Waals surface area contributed by atoms with Gasteiger partial charge in [-0.15, -0.1) is 11.8 Å². The van der Waals surface area contributed by atoms with Gasteiger partial charge in [-0.25, -0.2) is 0 Å². The van der Waals surface area contributed by atoms with Crippen LogP contribution in [0.4, 0.5) is 5.69 Å².